The molecule has 3 N–H and O–H groups in total. The third-order valence-electron chi connectivity index (χ3n) is 6.01. The lowest BCUT2D eigenvalue weighted by Crippen LogP contribution is -2.34. The van der Waals surface area contributed by atoms with Gasteiger partial charge < -0.3 is 24.4 Å². The largest absolute Gasteiger partial charge is 0.488 e. The van der Waals surface area contributed by atoms with Crippen molar-refractivity contribution in [2.24, 2.45) is 0 Å². The number of carbonyl (C=O) groups excluding carboxylic acids is 2. The molecule has 1 atom stereocenters. The van der Waals surface area contributed by atoms with Crippen LogP contribution in [-0.4, -0.2) is 67.2 Å². The Kier molecular flexibility index (Phi) is 9.58. The molecule has 39 heavy (non-hydrogen) atoms. The fraction of sp³-hybridized carbons (Fsp3) is 0.462. The second-order valence-electron chi connectivity index (χ2n) is 10.7. The first-order valence-electron chi connectivity index (χ1n) is 12.5. The lowest BCUT2D eigenvalue weighted by atomic mass is 9.79. The van der Waals surface area contributed by atoms with E-state index in [1.807, 2.05) is 0 Å². The number of halogens is 1. The molecule has 0 aromatic heterocycles. The SMILES string of the molecule is C[C@@H](COC(=O)Nc1ccc(S(=O)(=O)C2CC2)c(CN(C)C(=O)OC(C)(C)C)c1)c1ccc(B(O)O)cc1Cl. The van der Waals surface area contributed by atoms with Gasteiger partial charge in [0, 0.05) is 23.7 Å². The highest BCUT2D eigenvalue weighted by molar-refractivity contribution is 7.92. The van der Waals surface area contributed by atoms with E-state index < -0.39 is 40.0 Å². The van der Waals surface area contributed by atoms with Crippen molar-refractivity contribution in [3.8, 4) is 0 Å². The Labute approximate surface area is 234 Å². The number of carbonyl (C=O) groups is 2. The van der Waals surface area contributed by atoms with Gasteiger partial charge in [-0.25, -0.2) is 18.0 Å². The summed E-state index contributed by atoms with van der Waals surface area (Å²) in [5.74, 6) is -0.294. The number of nitrogens with zero attached hydrogens (tertiary/aromatic N) is 1. The smallest absolute Gasteiger partial charge is 0.449 e. The minimum Gasteiger partial charge on any atom is -0.449 e. The molecule has 1 aliphatic carbocycles. The van der Waals surface area contributed by atoms with Crippen molar-refractivity contribution in [2.45, 2.75) is 68.7 Å². The monoisotopic (exact) mass is 580 g/mol. The molecule has 1 fully saturated rings. The van der Waals surface area contributed by atoms with E-state index in [1.54, 1.807) is 33.8 Å². The molecule has 0 spiro atoms. The molecule has 1 saturated carbocycles. The van der Waals surface area contributed by atoms with Crippen LogP contribution in [0.2, 0.25) is 5.02 Å². The van der Waals surface area contributed by atoms with Crippen LogP contribution in [0.4, 0.5) is 15.3 Å². The summed E-state index contributed by atoms with van der Waals surface area (Å²) in [4.78, 5) is 26.4. The number of nitrogens with one attached hydrogen (secondary N) is 1. The normalized spacial score (nSPS) is 14.4. The van der Waals surface area contributed by atoms with Gasteiger partial charge in [-0.1, -0.05) is 30.7 Å². The van der Waals surface area contributed by atoms with Crippen LogP contribution in [0.3, 0.4) is 0 Å². The molecule has 2 aromatic rings. The first kappa shape index (κ1) is 30.7. The highest BCUT2D eigenvalue weighted by atomic mass is 35.5. The highest BCUT2D eigenvalue weighted by Crippen LogP contribution is 2.36. The third kappa shape index (κ3) is 8.34. The minimum atomic E-state index is -3.58. The molecule has 0 radical (unpaired) electrons. The Morgan fingerprint density at radius 3 is 2.41 bits per heavy atom. The number of sulfone groups is 1. The Balaban J connectivity index is 1.72. The summed E-state index contributed by atoms with van der Waals surface area (Å²) in [6.07, 6.45) is -0.197. The molecule has 13 heteroatoms. The van der Waals surface area contributed by atoms with E-state index in [9.17, 15) is 28.1 Å². The molecule has 10 nitrogen and oxygen atoms in total. The van der Waals surface area contributed by atoms with Gasteiger partial charge in [0.05, 0.1) is 23.3 Å². The van der Waals surface area contributed by atoms with Crippen molar-refractivity contribution >= 4 is 51.9 Å². The summed E-state index contributed by atoms with van der Waals surface area (Å²) in [7, 11) is -3.71. The molecule has 0 aliphatic heterocycles. The second-order valence-corrected chi connectivity index (χ2v) is 13.3. The first-order valence-corrected chi connectivity index (χ1v) is 14.4. The zero-order valence-corrected chi connectivity index (χ0v) is 24.2. The van der Waals surface area contributed by atoms with Crippen molar-refractivity contribution in [2.75, 3.05) is 19.0 Å². The Hall–Kier alpha value is -2.80. The molecular formula is C26H34BClN2O8S. The summed E-state index contributed by atoms with van der Waals surface area (Å²) in [6, 6.07) is 9.01. The molecule has 2 aromatic carbocycles. The number of hydrogen-bond donors (Lipinski definition) is 3. The fourth-order valence-corrected chi connectivity index (χ4v) is 6.06. The quantitative estimate of drug-likeness (QED) is 0.381. The predicted octanol–water partition coefficient (Wildman–Crippen LogP) is 3.68. The molecule has 212 valence electrons. The third-order valence-corrected chi connectivity index (χ3v) is 8.70. The van der Waals surface area contributed by atoms with Gasteiger partial charge >= 0.3 is 19.3 Å². The van der Waals surface area contributed by atoms with Gasteiger partial charge in [-0.2, -0.15) is 0 Å². The van der Waals surface area contributed by atoms with E-state index in [0.29, 0.717) is 34.7 Å². The Morgan fingerprint density at radius 1 is 1.18 bits per heavy atom. The minimum absolute atomic E-state index is 0.0189. The van der Waals surface area contributed by atoms with Gasteiger partial charge in [0.15, 0.2) is 9.84 Å². The van der Waals surface area contributed by atoms with E-state index in [4.69, 9.17) is 21.1 Å². The first-order chi connectivity index (χ1) is 18.1. The van der Waals surface area contributed by atoms with Crippen molar-refractivity contribution in [1.82, 2.24) is 4.90 Å². The van der Waals surface area contributed by atoms with Crippen molar-refractivity contribution in [3.05, 3.63) is 52.5 Å². The average molecular weight is 581 g/mol. The van der Waals surface area contributed by atoms with Crippen molar-refractivity contribution in [3.63, 3.8) is 0 Å². The summed E-state index contributed by atoms with van der Waals surface area (Å²) < 4.78 is 36.8. The molecule has 3 rings (SSSR count). The molecule has 0 heterocycles. The van der Waals surface area contributed by atoms with E-state index in [-0.39, 0.29) is 29.4 Å². The molecular weight excluding hydrogens is 547 g/mol. The van der Waals surface area contributed by atoms with Crippen LogP contribution in [0, 0.1) is 0 Å². The number of benzene rings is 2. The van der Waals surface area contributed by atoms with Crippen LogP contribution in [0.1, 0.15) is 57.6 Å². The van der Waals surface area contributed by atoms with E-state index in [2.05, 4.69) is 5.32 Å². The van der Waals surface area contributed by atoms with E-state index in [1.165, 1.54) is 42.3 Å². The number of ether oxygens (including phenoxy) is 2. The second kappa shape index (κ2) is 12.2. The number of rotatable bonds is 9. The maximum absolute atomic E-state index is 13.0. The lowest BCUT2D eigenvalue weighted by Gasteiger charge is -2.25. The van der Waals surface area contributed by atoms with Crippen LogP contribution >= 0.6 is 11.6 Å². The summed E-state index contributed by atoms with van der Waals surface area (Å²) in [6.45, 7) is 6.94. The van der Waals surface area contributed by atoms with Crippen molar-refractivity contribution < 1.29 is 37.5 Å². The highest BCUT2D eigenvalue weighted by Gasteiger charge is 2.38. The van der Waals surface area contributed by atoms with Gasteiger partial charge in [0.2, 0.25) is 0 Å². The van der Waals surface area contributed by atoms with Crippen LogP contribution < -0.4 is 10.8 Å². The molecule has 2 amide bonds. The summed E-state index contributed by atoms with van der Waals surface area (Å²) in [5, 5.41) is 21.0. The predicted molar refractivity (Wildman–Crippen MR) is 149 cm³/mol. The topological polar surface area (TPSA) is 142 Å². The Bertz CT molecular complexity index is 1330. The standard InChI is InChI=1S/C26H34BClN2O8S/c1-16(21-10-6-18(27(33)34)13-22(21)28)15-37-24(31)29-19-7-11-23(39(35,36)20-8-9-20)17(12-19)14-30(5)25(32)38-26(2,3)4/h6-7,10-13,16,20,33-34H,8-9,14-15H2,1-5H3,(H,29,31)/t16-/m0/s1. The molecule has 1 aliphatic rings. The van der Waals surface area contributed by atoms with Crippen LogP contribution in [0.15, 0.2) is 41.3 Å². The zero-order valence-electron chi connectivity index (χ0n) is 22.6. The van der Waals surface area contributed by atoms with Gasteiger partial charge in [-0.3, -0.25) is 5.32 Å². The van der Waals surface area contributed by atoms with Gasteiger partial charge in [0.1, 0.15) is 5.60 Å². The van der Waals surface area contributed by atoms with Crippen LogP contribution in [0.5, 0.6) is 0 Å². The zero-order chi connectivity index (χ0) is 29.1. The van der Waals surface area contributed by atoms with E-state index >= 15 is 0 Å². The van der Waals surface area contributed by atoms with Crippen LogP contribution in [0.25, 0.3) is 0 Å². The number of amides is 2. The van der Waals surface area contributed by atoms with Crippen LogP contribution in [-0.2, 0) is 25.9 Å². The molecule has 0 unspecified atom stereocenters. The van der Waals surface area contributed by atoms with Crippen molar-refractivity contribution in [1.29, 1.82) is 0 Å². The summed E-state index contributed by atoms with van der Waals surface area (Å²) in [5.41, 5.74) is 0.838. The van der Waals surface area contributed by atoms with Gasteiger partial charge in [0.25, 0.3) is 0 Å². The maximum atomic E-state index is 13.0. The van der Waals surface area contributed by atoms with E-state index in [0.717, 1.165) is 0 Å². The summed E-state index contributed by atoms with van der Waals surface area (Å²) >= 11 is 6.24. The fourth-order valence-electron chi connectivity index (χ4n) is 3.82. The van der Waals surface area contributed by atoms with Gasteiger partial charge in [-0.05, 0) is 74.5 Å². The molecule has 0 bridgehead atoms. The number of anilines is 1. The van der Waals surface area contributed by atoms with Gasteiger partial charge in [-0.15, -0.1) is 0 Å². The Morgan fingerprint density at radius 2 is 1.85 bits per heavy atom. The number of hydrogen-bond acceptors (Lipinski definition) is 8. The molecule has 0 saturated heterocycles. The average Bonchev–Trinajstić information content (AvgIpc) is 3.67. The maximum Gasteiger partial charge on any atom is 0.488 e. The lowest BCUT2D eigenvalue weighted by molar-refractivity contribution is 0.0283.